The van der Waals surface area contributed by atoms with Gasteiger partial charge in [-0.15, -0.1) is 21.5 Å². The lowest BCUT2D eigenvalue weighted by Gasteiger charge is -2.19. The fourth-order valence-electron chi connectivity index (χ4n) is 3.71. The molecule has 2 aromatic rings. The van der Waals surface area contributed by atoms with Crippen molar-refractivity contribution in [2.75, 3.05) is 18.8 Å². The Labute approximate surface area is 162 Å². The molecule has 1 fully saturated rings. The molecule has 0 aromatic carbocycles. The van der Waals surface area contributed by atoms with E-state index < -0.39 is 0 Å². The molecule has 5 nitrogen and oxygen atoms in total. The second kappa shape index (κ2) is 8.13. The third kappa shape index (κ3) is 4.14. The number of carbonyl (C=O) groups excluding carboxylic acids is 1. The first-order chi connectivity index (χ1) is 12.7. The highest BCUT2D eigenvalue weighted by Gasteiger charge is 2.22. The molecule has 1 aliphatic heterocycles. The second-order valence-corrected chi connectivity index (χ2v) is 9.43. The fourth-order valence-corrected chi connectivity index (χ4v) is 5.51. The fraction of sp³-hybridized carbons (Fsp3) is 0.632. The Hall–Kier alpha value is -1.34. The molecule has 1 atom stereocenters. The quantitative estimate of drug-likeness (QED) is 0.722. The lowest BCUT2D eigenvalue weighted by molar-refractivity contribution is -0.128. The average Bonchev–Trinajstić information content (AvgIpc) is 3.18. The summed E-state index contributed by atoms with van der Waals surface area (Å²) in [4.78, 5) is 16.9. The second-order valence-electron chi connectivity index (χ2n) is 7.36. The number of nitrogens with zero attached hydrogens (tertiary/aromatic N) is 3. The maximum absolute atomic E-state index is 12.4. The summed E-state index contributed by atoms with van der Waals surface area (Å²) >= 11 is 3.13. The molecule has 2 aromatic heterocycles. The summed E-state index contributed by atoms with van der Waals surface area (Å²) in [6.07, 6.45) is 8.25. The van der Waals surface area contributed by atoms with Crippen LogP contribution in [0, 0.1) is 5.92 Å². The highest BCUT2D eigenvalue weighted by Crippen LogP contribution is 2.37. The van der Waals surface area contributed by atoms with Crippen LogP contribution in [0.2, 0.25) is 0 Å². The molecule has 0 N–H and O–H groups in total. The Morgan fingerprint density at radius 3 is 2.92 bits per heavy atom. The van der Waals surface area contributed by atoms with Crippen molar-refractivity contribution in [3.05, 3.63) is 16.5 Å². The van der Waals surface area contributed by atoms with Crippen LogP contribution in [-0.2, 0) is 17.6 Å². The molecule has 1 saturated heterocycles. The molecule has 0 radical (unpaired) electrons. The number of hydrogen-bond acceptors (Lipinski definition) is 6. The number of amides is 1. The number of carbonyl (C=O) groups is 1. The minimum atomic E-state index is 0.178. The van der Waals surface area contributed by atoms with E-state index in [1.807, 2.05) is 4.90 Å². The van der Waals surface area contributed by atoms with E-state index >= 15 is 0 Å². The first kappa shape index (κ1) is 18.0. The Balaban J connectivity index is 1.37. The standard InChI is InChI=1S/C19H25N3O2S2/c1-13-6-7-15-14(10-13)11-16(26-15)18-20-21-19(24-18)25-12-17(23)22-8-4-2-3-5-9-22/h11,13H,2-10,12H2,1H3/t13-/m1/s1. The van der Waals surface area contributed by atoms with Crippen molar-refractivity contribution in [2.45, 2.75) is 57.1 Å². The van der Waals surface area contributed by atoms with E-state index in [9.17, 15) is 4.79 Å². The highest BCUT2D eigenvalue weighted by atomic mass is 32.2. The molecule has 7 heteroatoms. The third-order valence-electron chi connectivity index (χ3n) is 5.22. The van der Waals surface area contributed by atoms with Crippen molar-refractivity contribution in [1.29, 1.82) is 0 Å². The molecule has 4 rings (SSSR count). The molecule has 140 valence electrons. The lowest BCUT2D eigenvalue weighted by atomic mass is 9.90. The van der Waals surface area contributed by atoms with Crippen LogP contribution >= 0.6 is 23.1 Å². The molecule has 1 amide bonds. The molecule has 3 heterocycles. The summed E-state index contributed by atoms with van der Waals surface area (Å²) in [6, 6.07) is 2.21. The molecule has 1 aliphatic carbocycles. The third-order valence-corrected chi connectivity index (χ3v) is 7.25. The molecule has 0 bridgehead atoms. The van der Waals surface area contributed by atoms with Gasteiger partial charge < -0.3 is 9.32 Å². The highest BCUT2D eigenvalue weighted by molar-refractivity contribution is 7.99. The van der Waals surface area contributed by atoms with Crippen molar-refractivity contribution in [2.24, 2.45) is 5.92 Å². The Bertz CT molecular complexity index is 763. The van der Waals surface area contributed by atoms with Gasteiger partial charge in [-0.3, -0.25) is 4.79 Å². The van der Waals surface area contributed by atoms with Gasteiger partial charge in [-0.2, -0.15) is 0 Å². The molecular weight excluding hydrogens is 366 g/mol. The minimum absolute atomic E-state index is 0.178. The number of hydrogen-bond donors (Lipinski definition) is 0. The van der Waals surface area contributed by atoms with Crippen LogP contribution < -0.4 is 0 Å². The molecule has 0 saturated carbocycles. The van der Waals surface area contributed by atoms with Gasteiger partial charge in [0, 0.05) is 18.0 Å². The van der Waals surface area contributed by atoms with Crippen LogP contribution in [0.3, 0.4) is 0 Å². The Morgan fingerprint density at radius 1 is 1.31 bits per heavy atom. The topological polar surface area (TPSA) is 59.2 Å². The Morgan fingerprint density at radius 2 is 2.12 bits per heavy atom. The van der Waals surface area contributed by atoms with E-state index in [1.54, 1.807) is 11.3 Å². The van der Waals surface area contributed by atoms with Crippen LogP contribution in [-0.4, -0.2) is 39.8 Å². The van der Waals surface area contributed by atoms with Crippen LogP contribution in [0.15, 0.2) is 15.7 Å². The van der Waals surface area contributed by atoms with Gasteiger partial charge in [0.25, 0.3) is 11.1 Å². The predicted molar refractivity (Wildman–Crippen MR) is 105 cm³/mol. The normalized spacial score (nSPS) is 20.7. The summed E-state index contributed by atoms with van der Waals surface area (Å²) in [7, 11) is 0. The lowest BCUT2D eigenvalue weighted by Crippen LogP contribution is -2.33. The zero-order valence-electron chi connectivity index (χ0n) is 15.2. The SMILES string of the molecule is C[C@@H]1CCc2sc(-c3nnc(SCC(=O)N4CCCCCC4)o3)cc2C1. The van der Waals surface area contributed by atoms with Crippen LogP contribution in [0.1, 0.15) is 49.5 Å². The first-order valence-corrected chi connectivity index (χ1v) is 11.4. The summed E-state index contributed by atoms with van der Waals surface area (Å²) in [5.74, 6) is 1.89. The monoisotopic (exact) mass is 391 g/mol. The smallest absolute Gasteiger partial charge is 0.277 e. The minimum Gasteiger partial charge on any atom is -0.410 e. The van der Waals surface area contributed by atoms with Crippen LogP contribution in [0.5, 0.6) is 0 Å². The van der Waals surface area contributed by atoms with Gasteiger partial charge in [0.15, 0.2) is 0 Å². The number of rotatable bonds is 4. The van der Waals surface area contributed by atoms with Crippen LogP contribution in [0.4, 0.5) is 0 Å². The summed E-state index contributed by atoms with van der Waals surface area (Å²) in [5, 5.41) is 8.82. The van der Waals surface area contributed by atoms with E-state index in [0.717, 1.165) is 49.6 Å². The van der Waals surface area contributed by atoms with E-state index in [0.29, 0.717) is 16.9 Å². The van der Waals surface area contributed by atoms with Gasteiger partial charge in [-0.1, -0.05) is 31.5 Å². The van der Waals surface area contributed by atoms with Gasteiger partial charge in [0.2, 0.25) is 5.91 Å². The van der Waals surface area contributed by atoms with Crippen molar-refractivity contribution >= 4 is 29.0 Å². The van der Waals surface area contributed by atoms with Crippen molar-refractivity contribution in [3.63, 3.8) is 0 Å². The summed E-state index contributed by atoms with van der Waals surface area (Å²) in [6.45, 7) is 4.07. The summed E-state index contributed by atoms with van der Waals surface area (Å²) < 4.78 is 5.82. The van der Waals surface area contributed by atoms with E-state index in [2.05, 4.69) is 23.2 Å². The largest absolute Gasteiger partial charge is 0.410 e. The van der Waals surface area contributed by atoms with Crippen molar-refractivity contribution in [3.8, 4) is 10.8 Å². The van der Waals surface area contributed by atoms with Crippen LogP contribution in [0.25, 0.3) is 10.8 Å². The van der Waals surface area contributed by atoms with E-state index in [1.165, 1.54) is 41.5 Å². The predicted octanol–water partition coefficient (Wildman–Crippen LogP) is 4.42. The van der Waals surface area contributed by atoms with Gasteiger partial charge >= 0.3 is 0 Å². The number of thioether (sulfide) groups is 1. The molecule has 0 spiro atoms. The van der Waals surface area contributed by atoms with Gasteiger partial charge in [0.1, 0.15) is 0 Å². The number of thiophene rings is 1. The van der Waals surface area contributed by atoms with E-state index in [-0.39, 0.29) is 5.91 Å². The van der Waals surface area contributed by atoms with Gasteiger partial charge in [0.05, 0.1) is 10.6 Å². The maximum Gasteiger partial charge on any atom is 0.277 e. The number of aryl methyl sites for hydroxylation is 1. The van der Waals surface area contributed by atoms with E-state index in [4.69, 9.17) is 4.42 Å². The summed E-state index contributed by atoms with van der Waals surface area (Å²) in [5.41, 5.74) is 1.44. The molecular formula is C19H25N3O2S2. The van der Waals surface area contributed by atoms with Crippen molar-refractivity contribution in [1.82, 2.24) is 15.1 Å². The maximum atomic E-state index is 12.4. The number of fused-ring (bicyclic) bond motifs is 1. The first-order valence-electron chi connectivity index (χ1n) is 9.55. The average molecular weight is 392 g/mol. The van der Waals surface area contributed by atoms with Crippen molar-refractivity contribution < 1.29 is 9.21 Å². The number of aromatic nitrogens is 2. The molecule has 26 heavy (non-hydrogen) atoms. The zero-order valence-corrected chi connectivity index (χ0v) is 16.8. The molecule has 0 unspecified atom stereocenters. The van der Waals surface area contributed by atoms with Gasteiger partial charge in [-0.05, 0) is 49.7 Å². The number of likely N-dealkylation sites (tertiary alicyclic amines) is 1. The Kier molecular flexibility index (Phi) is 5.64. The van der Waals surface area contributed by atoms with Gasteiger partial charge in [-0.25, -0.2) is 0 Å². The zero-order chi connectivity index (χ0) is 17.9. The molecule has 2 aliphatic rings.